The van der Waals surface area contributed by atoms with Gasteiger partial charge in [0, 0.05) is 44.0 Å². The number of thiophene rings is 1. The summed E-state index contributed by atoms with van der Waals surface area (Å²) in [6, 6.07) is 7.88. The molecule has 35 heavy (non-hydrogen) atoms. The number of pyridine rings is 1. The molecule has 0 aliphatic carbocycles. The van der Waals surface area contributed by atoms with Crippen LogP contribution < -0.4 is 15.6 Å². The molecular formula is C26H32N4O4S. The van der Waals surface area contributed by atoms with Crippen molar-refractivity contribution < 1.29 is 14.3 Å². The molecule has 0 bridgehead atoms. The van der Waals surface area contributed by atoms with Gasteiger partial charge in [-0.3, -0.25) is 9.59 Å². The van der Waals surface area contributed by atoms with E-state index >= 15 is 0 Å². The van der Waals surface area contributed by atoms with Gasteiger partial charge < -0.3 is 23.9 Å². The van der Waals surface area contributed by atoms with Crippen LogP contribution in [0.2, 0.25) is 0 Å². The minimum Gasteiger partial charge on any atom is -0.489 e. The lowest BCUT2D eigenvalue weighted by molar-refractivity contribution is 0.0942. The third-order valence-corrected chi connectivity index (χ3v) is 7.02. The molecule has 0 aliphatic rings. The zero-order valence-electron chi connectivity index (χ0n) is 20.3. The normalized spacial score (nSPS) is 11.4. The van der Waals surface area contributed by atoms with Crippen LogP contribution in [0.1, 0.15) is 42.8 Å². The highest BCUT2D eigenvalue weighted by Gasteiger charge is 2.25. The molecule has 8 nitrogen and oxygen atoms in total. The van der Waals surface area contributed by atoms with Gasteiger partial charge in [0.1, 0.15) is 16.9 Å². The Bertz CT molecular complexity index is 1330. The van der Waals surface area contributed by atoms with E-state index in [-0.39, 0.29) is 18.1 Å². The van der Waals surface area contributed by atoms with Gasteiger partial charge in [0.25, 0.3) is 11.5 Å². The highest BCUT2D eigenvalue weighted by Crippen LogP contribution is 2.39. The second-order valence-corrected chi connectivity index (χ2v) is 9.27. The first-order chi connectivity index (χ1) is 17.2. The number of unbranched alkanes of at least 4 members (excludes halogenated alkanes) is 1. The number of rotatable bonds is 13. The van der Waals surface area contributed by atoms with Crippen molar-refractivity contribution >= 4 is 38.2 Å². The fourth-order valence-electron chi connectivity index (χ4n) is 4.08. The van der Waals surface area contributed by atoms with Gasteiger partial charge in [0.15, 0.2) is 5.75 Å². The average molecular weight is 497 g/mol. The molecule has 0 fully saturated rings. The van der Waals surface area contributed by atoms with Crippen molar-refractivity contribution in [2.24, 2.45) is 0 Å². The van der Waals surface area contributed by atoms with Gasteiger partial charge in [-0.25, -0.2) is 4.98 Å². The van der Waals surface area contributed by atoms with Crippen LogP contribution in [0, 0.1) is 0 Å². The third-order valence-electron chi connectivity index (χ3n) is 5.82. The van der Waals surface area contributed by atoms with Crippen LogP contribution >= 0.6 is 11.3 Å². The number of hydrogen-bond acceptors (Lipinski definition) is 6. The number of amides is 1. The Labute approximate surface area is 208 Å². The van der Waals surface area contributed by atoms with E-state index in [1.54, 1.807) is 12.5 Å². The van der Waals surface area contributed by atoms with E-state index in [0.717, 1.165) is 41.4 Å². The van der Waals surface area contributed by atoms with Crippen LogP contribution in [0.5, 0.6) is 5.75 Å². The molecule has 0 atom stereocenters. The summed E-state index contributed by atoms with van der Waals surface area (Å²) in [5.41, 5.74) is 0.766. The molecule has 0 saturated carbocycles. The summed E-state index contributed by atoms with van der Waals surface area (Å²) in [4.78, 5) is 31.4. The lowest BCUT2D eigenvalue weighted by Gasteiger charge is -2.12. The second-order valence-electron chi connectivity index (χ2n) is 8.25. The van der Waals surface area contributed by atoms with Crippen LogP contribution in [0.4, 0.5) is 0 Å². The Kier molecular flexibility index (Phi) is 8.54. The summed E-state index contributed by atoms with van der Waals surface area (Å²) >= 11 is 1.32. The van der Waals surface area contributed by atoms with Gasteiger partial charge in [-0.1, -0.05) is 31.5 Å². The largest absolute Gasteiger partial charge is 0.489 e. The molecule has 1 amide bonds. The Hall–Kier alpha value is -3.17. The molecule has 0 aliphatic heterocycles. The maximum absolute atomic E-state index is 13.7. The van der Waals surface area contributed by atoms with Crippen molar-refractivity contribution in [3.05, 3.63) is 58.2 Å². The van der Waals surface area contributed by atoms with Crippen LogP contribution in [-0.2, 0) is 17.8 Å². The molecule has 9 heteroatoms. The van der Waals surface area contributed by atoms with Gasteiger partial charge in [-0.2, -0.15) is 0 Å². The Balaban J connectivity index is 1.70. The molecule has 3 aromatic heterocycles. The number of nitrogens with one attached hydrogen (secondary N) is 1. The number of ether oxygens (including phenoxy) is 2. The third kappa shape index (κ3) is 5.57. The number of aromatic nitrogens is 3. The van der Waals surface area contributed by atoms with Crippen molar-refractivity contribution in [3.63, 3.8) is 0 Å². The molecule has 0 spiro atoms. The SMILES string of the molecule is CCCCn1c(=O)c2c(OCCOCC)c(C(=O)NCCCn3ccnc3)sc2c2ccccc21. The number of carbonyl (C=O) groups is 1. The van der Waals surface area contributed by atoms with Crippen molar-refractivity contribution in [2.75, 3.05) is 26.4 Å². The fourth-order valence-corrected chi connectivity index (χ4v) is 5.27. The van der Waals surface area contributed by atoms with E-state index in [1.807, 2.05) is 46.5 Å². The highest BCUT2D eigenvalue weighted by atomic mass is 32.1. The molecule has 0 radical (unpaired) electrons. The van der Waals surface area contributed by atoms with Gasteiger partial charge in [-0.15, -0.1) is 11.3 Å². The standard InChI is InChI=1S/C26H32N4O4S/c1-3-5-14-30-20-10-7-6-9-19(20)23-21(26(30)32)22(34-17-16-33-4-2)24(35-23)25(31)28-11-8-13-29-15-12-27-18-29/h6-7,9-10,12,15,18H,3-5,8,11,13-14,16-17H2,1-2H3,(H,28,31). The summed E-state index contributed by atoms with van der Waals surface area (Å²) in [6.45, 7) is 7.14. The minimum absolute atomic E-state index is 0.117. The Morgan fingerprint density at radius 1 is 1.14 bits per heavy atom. The zero-order chi connectivity index (χ0) is 24.6. The van der Waals surface area contributed by atoms with Crippen LogP contribution in [0.15, 0.2) is 47.8 Å². The van der Waals surface area contributed by atoms with E-state index in [1.165, 1.54) is 11.3 Å². The summed E-state index contributed by atoms with van der Waals surface area (Å²) in [5.74, 6) is 0.129. The van der Waals surface area contributed by atoms with Crippen LogP contribution in [0.25, 0.3) is 21.0 Å². The number of hydrogen-bond donors (Lipinski definition) is 1. The van der Waals surface area contributed by atoms with Crippen molar-refractivity contribution in [1.29, 1.82) is 0 Å². The molecule has 1 N–H and O–H groups in total. The summed E-state index contributed by atoms with van der Waals surface area (Å²) in [5, 5.41) is 4.43. The first-order valence-electron chi connectivity index (χ1n) is 12.2. The van der Waals surface area contributed by atoms with Gasteiger partial charge in [0.05, 0.1) is 23.2 Å². The van der Waals surface area contributed by atoms with Crippen molar-refractivity contribution in [2.45, 2.75) is 46.2 Å². The summed E-state index contributed by atoms with van der Waals surface area (Å²) < 4.78 is 16.1. The molecular weight excluding hydrogens is 464 g/mol. The van der Waals surface area contributed by atoms with E-state index in [4.69, 9.17) is 9.47 Å². The van der Waals surface area contributed by atoms with Crippen molar-refractivity contribution in [1.82, 2.24) is 19.4 Å². The maximum atomic E-state index is 13.7. The monoisotopic (exact) mass is 496 g/mol. The lowest BCUT2D eigenvalue weighted by Crippen LogP contribution is -2.25. The van der Waals surface area contributed by atoms with Crippen LogP contribution in [0.3, 0.4) is 0 Å². The molecule has 0 unspecified atom stereocenters. The summed E-state index contributed by atoms with van der Waals surface area (Å²) in [6.07, 6.45) is 8.02. The lowest BCUT2D eigenvalue weighted by atomic mass is 10.1. The van der Waals surface area contributed by atoms with Gasteiger partial charge >= 0.3 is 0 Å². The number of fused-ring (bicyclic) bond motifs is 3. The van der Waals surface area contributed by atoms with E-state index in [0.29, 0.717) is 42.3 Å². The molecule has 4 rings (SSSR count). The van der Waals surface area contributed by atoms with Crippen LogP contribution in [-0.4, -0.2) is 46.4 Å². The van der Waals surface area contributed by atoms with Crippen molar-refractivity contribution in [3.8, 4) is 5.75 Å². The smallest absolute Gasteiger partial charge is 0.265 e. The first-order valence-corrected chi connectivity index (χ1v) is 13.0. The fraction of sp³-hybridized carbons (Fsp3) is 0.423. The number of benzene rings is 1. The number of carbonyl (C=O) groups excluding carboxylic acids is 1. The number of aryl methyl sites for hydroxylation is 2. The maximum Gasteiger partial charge on any atom is 0.265 e. The number of imidazole rings is 1. The van der Waals surface area contributed by atoms with E-state index in [9.17, 15) is 9.59 Å². The first kappa shape index (κ1) is 24.9. The quantitative estimate of drug-likeness (QED) is 0.276. The van der Waals surface area contributed by atoms with E-state index < -0.39 is 0 Å². The molecule has 4 aromatic rings. The zero-order valence-corrected chi connectivity index (χ0v) is 21.1. The van der Waals surface area contributed by atoms with Gasteiger partial charge in [0.2, 0.25) is 0 Å². The summed E-state index contributed by atoms with van der Waals surface area (Å²) in [7, 11) is 0. The predicted octanol–water partition coefficient (Wildman–Crippen LogP) is 4.45. The predicted molar refractivity (Wildman–Crippen MR) is 140 cm³/mol. The van der Waals surface area contributed by atoms with Gasteiger partial charge in [-0.05, 0) is 25.8 Å². The molecule has 3 heterocycles. The second kappa shape index (κ2) is 12.0. The minimum atomic E-state index is -0.230. The highest BCUT2D eigenvalue weighted by molar-refractivity contribution is 7.22. The molecule has 1 aromatic carbocycles. The Morgan fingerprint density at radius 2 is 2.00 bits per heavy atom. The number of para-hydroxylation sites is 1. The average Bonchev–Trinajstić information content (AvgIpc) is 3.53. The topological polar surface area (TPSA) is 87.4 Å². The molecule has 186 valence electrons. The number of nitrogens with zero attached hydrogens (tertiary/aromatic N) is 3. The van der Waals surface area contributed by atoms with E-state index in [2.05, 4.69) is 17.2 Å². The Morgan fingerprint density at radius 3 is 2.77 bits per heavy atom. The molecule has 0 saturated heterocycles.